The van der Waals surface area contributed by atoms with Crippen LogP contribution in [0.25, 0.3) is 5.69 Å². The van der Waals surface area contributed by atoms with Crippen LogP contribution in [0.2, 0.25) is 0 Å². The van der Waals surface area contributed by atoms with Crippen molar-refractivity contribution >= 4 is 35.0 Å². The smallest absolute Gasteiger partial charge is 0.237 e. The molecule has 0 saturated heterocycles. The minimum Gasteiger partial charge on any atom is -0.326 e. The van der Waals surface area contributed by atoms with Gasteiger partial charge in [-0.1, -0.05) is 36.9 Å². The van der Waals surface area contributed by atoms with Crippen molar-refractivity contribution in [2.45, 2.75) is 37.6 Å². The fourth-order valence-corrected chi connectivity index (χ4v) is 3.42. The zero-order valence-corrected chi connectivity index (χ0v) is 17.2. The number of hydrogen-bond donors (Lipinski definition) is 2. The quantitative estimate of drug-likeness (QED) is 0.580. The molecule has 3 aromatic rings. The van der Waals surface area contributed by atoms with Gasteiger partial charge in [0.15, 0.2) is 0 Å². The number of carbonyl (C=O) groups excluding carboxylic acids is 2. The lowest BCUT2D eigenvalue weighted by Crippen LogP contribution is -2.23. The Hall–Kier alpha value is -3.20. The third-order valence-corrected chi connectivity index (χ3v) is 5.17. The minimum atomic E-state index is -0.413. The first kappa shape index (κ1) is 20.5. The number of amides is 2. The van der Waals surface area contributed by atoms with Crippen LogP contribution < -0.4 is 10.6 Å². The number of rotatable bonds is 7. The van der Waals surface area contributed by atoms with E-state index in [1.165, 1.54) is 28.9 Å². The maximum absolute atomic E-state index is 12.6. The van der Waals surface area contributed by atoms with Crippen LogP contribution in [0.3, 0.4) is 0 Å². The summed E-state index contributed by atoms with van der Waals surface area (Å²) in [5.74, 6) is -0.300. The fraction of sp³-hybridized carbons (Fsp3) is 0.250. The van der Waals surface area contributed by atoms with E-state index in [-0.39, 0.29) is 11.8 Å². The van der Waals surface area contributed by atoms with Gasteiger partial charge >= 0.3 is 0 Å². The van der Waals surface area contributed by atoms with E-state index in [2.05, 4.69) is 33.1 Å². The molecule has 2 amide bonds. The van der Waals surface area contributed by atoms with Crippen molar-refractivity contribution in [3.8, 4) is 5.69 Å². The third kappa shape index (κ3) is 5.41. The lowest BCUT2D eigenvalue weighted by molar-refractivity contribution is -0.115. The molecular formula is C20H22N6O2S. The van der Waals surface area contributed by atoms with Crippen molar-refractivity contribution in [2.75, 3.05) is 10.6 Å². The predicted molar refractivity (Wildman–Crippen MR) is 113 cm³/mol. The van der Waals surface area contributed by atoms with Gasteiger partial charge in [0, 0.05) is 18.3 Å². The van der Waals surface area contributed by atoms with Gasteiger partial charge in [-0.05, 0) is 59.7 Å². The molecule has 0 radical (unpaired) electrons. The Kier molecular flexibility index (Phi) is 6.61. The van der Waals surface area contributed by atoms with Crippen LogP contribution in [-0.2, 0) is 16.0 Å². The molecule has 1 unspecified atom stereocenters. The third-order valence-electron chi connectivity index (χ3n) is 4.13. The van der Waals surface area contributed by atoms with Crippen molar-refractivity contribution in [2.24, 2.45) is 0 Å². The highest BCUT2D eigenvalue weighted by Crippen LogP contribution is 2.25. The Morgan fingerprint density at radius 3 is 2.55 bits per heavy atom. The summed E-state index contributed by atoms with van der Waals surface area (Å²) >= 11 is 1.25. The van der Waals surface area contributed by atoms with Gasteiger partial charge in [-0.2, -0.15) is 4.68 Å². The van der Waals surface area contributed by atoms with E-state index in [1.807, 2.05) is 30.3 Å². The van der Waals surface area contributed by atoms with Crippen LogP contribution in [-0.4, -0.2) is 37.3 Å². The molecule has 0 aliphatic rings. The van der Waals surface area contributed by atoms with Gasteiger partial charge < -0.3 is 10.6 Å². The molecule has 1 heterocycles. The van der Waals surface area contributed by atoms with E-state index in [0.717, 1.165) is 12.1 Å². The molecule has 0 saturated carbocycles. The minimum absolute atomic E-state index is 0.138. The predicted octanol–water partition coefficient (Wildman–Crippen LogP) is 3.30. The monoisotopic (exact) mass is 410 g/mol. The Morgan fingerprint density at radius 1 is 1.10 bits per heavy atom. The molecule has 0 spiro atoms. The number of aromatic nitrogens is 4. The van der Waals surface area contributed by atoms with Crippen LogP contribution in [0.1, 0.15) is 26.3 Å². The molecular weight excluding hydrogens is 388 g/mol. The van der Waals surface area contributed by atoms with Crippen LogP contribution >= 0.6 is 11.8 Å². The molecule has 9 heteroatoms. The summed E-state index contributed by atoms with van der Waals surface area (Å²) < 4.78 is 1.54. The largest absolute Gasteiger partial charge is 0.326 e. The van der Waals surface area contributed by atoms with E-state index < -0.39 is 5.25 Å². The molecule has 0 aliphatic heterocycles. The zero-order valence-electron chi connectivity index (χ0n) is 16.4. The van der Waals surface area contributed by atoms with Crippen LogP contribution in [0, 0.1) is 0 Å². The van der Waals surface area contributed by atoms with E-state index in [9.17, 15) is 9.59 Å². The van der Waals surface area contributed by atoms with E-state index >= 15 is 0 Å². The topological polar surface area (TPSA) is 102 Å². The number of thioether (sulfide) groups is 1. The summed E-state index contributed by atoms with van der Waals surface area (Å²) in [5, 5.41) is 17.5. The molecule has 0 fully saturated rings. The second-order valence-electron chi connectivity index (χ2n) is 6.40. The number of aryl methyl sites for hydroxylation is 1. The number of anilines is 2. The lowest BCUT2D eigenvalue weighted by atomic mass is 10.1. The molecule has 29 heavy (non-hydrogen) atoms. The summed E-state index contributed by atoms with van der Waals surface area (Å²) in [7, 11) is 0. The van der Waals surface area contributed by atoms with Gasteiger partial charge in [0.05, 0.1) is 10.9 Å². The lowest BCUT2D eigenvalue weighted by Gasteiger charge is -2.12. The average molecular weight is 411 g/mol. The van der Waals surface area contributed by atoms with Gasteiger partial charge in [-0.25, -0.2) is 0 Å². The highest BCUT2D eigenvalue weighted by molar-refractivity contribution is 8.00. The highest BCUT2D eigenvalue weighted by atomic mass is 32.2. The maximum atomic E-state index is 12.6. The van der Waals surface area contributed by atoms with Gasteiger partial charge in [0.2, 0.25) is 17.0 Å². The first-order valence-electron chi connectivity index (χ1n) is 9.19. The van der Waals surface area contributed by atoms with E-state index in [0.29, 0.717) is 16.5 Å². The van der Waals surface area contributed by atoms with Gasteiger partial charge in [-0.15, -0.1) is 5.10 Å². The van der Waals surface area contributed by atoms with E-state index in [4.69, 9.17) is 0 Å². The van der Waals surface area contributed by atoms with Crippen LogP contribution in [0.4, 0.5) is 11.4 Å². The molecule has 8 nitrogen and oxygen atoms in total. The average Bonchev–Trinajstić information content (AvgIpc) is 3.16. The van der Waals surface area contributed by atoms with Crippen molar-refractivity contribution < 1.29 is 9.59 Å². The van der Waals surface area contributed by atoms with Crippen molar-refractivity contribution in [3.05, 3.63) is 54.1 Å². The summed E-state index contributed by atoms with van der Waals surface area (Å²) in [6.07, 6.45) is 0.951. The van der Waals surface area contributed by atoms with Crippen LogP contribution in [0.15, 0.2) is 53.7 Å². The molecule has 3 rings (SSSR count). The summed E-state index contributed by atoms with van der Waals surface area (Å²) in [6.45, 7) is 5.33. The summed E-state index contributed by atoms with van der Waals surface area (Å²) in [4.78, 5) is 23.8. The Balaban J connectivity index is 1.70. The fourth-order valence-electron chi connectivity index (χ4n) is 2.61. The number of hydrogen-bond acceptors (Lipinski definition) is 6. The number of carbonyl (C=O) groups is 2. The molecule has 1 aromatic heterocycles. The molecule has 1 atom stereocenters. The summed E-state index contributed by atoms with van der Waals surface area (Å²) in [6, 6.07) is 15.0. The Bertz CT molecular complexity index is 1000. The molecule has 2 N–H and O–H groups in total. The number of nitrogens with one attached hydrogen (secondary N) is 2. The first-order valence-corrected chi connectivity index (χ1v) is 10.1. The zero-order chi connectivity index (χ0) is 20.8. The second-order valence-corrected chi connectivity index (χ2v) is 7.71. The molecule has 2 aromatic carbocycles. The summed E-state index contributed by atoms with van der Waals surface area (Å²) in [5.41, 5.74) is 3.29. The Labute approximate surface area is 173 Å². The number of benzene rings is 2. The number of nitrogens with zero attached hydrogens (tertiary/aromatic N) is 4. The Morgan fingerprint density at radius 2 is 1.86 bits per heavy atom. The van der Waals surface area contributed by atoms with Gasteiger partial charge in [0.1, 0.15) is 0 Å². The maximum Gasteiger partial charge on any atom is 0.237 e. The van der Waals surface area contributed by atoms with Crippen LogP contribution in [0.5, 0.6) is 0 Å². The highest BCUT2D eigenvalue weighted by Gasteiger charge is 2.19. The first-order chi connectivity index (χ1) is 14.0. The van der Waals surface area contributed by atoms with Crippen molar-refractivity contribution in [3.63, 3.8) is 0 Å². The van der Waals surface area contributed by atoms with Gasteiger partial charge in [0.25, 0.3) is 0 Å². The van der Waals surface area contributed by atoms with Gasteiger partial charge in [-0.3, -0.25) is 9.59 Å². The standard InChI is InChI=1S/C20H22N6O2S/c1-4-15-8-10-16(11-9-15)22-19(28)13(2)29-20-23-24-25-26(20)18-7-5-6-17(12-18)21-14(3)27/h5-13H,4H2,1-3H3,(H,21,27)(H,22,28). The SMILES string of the molecule is CCc1ccc(NC(=O)C(C)Sc2nnnn2-c2cccc(NC(C)=O)c2)cc1. The van der Waals surface area contributed by atoms with Crippen molar-refractivity contribution in [1.82, 2.24) is 20.2 Å². The number of tetrazole rings is 1. The van der Waals surface area contributed by atoms with E-state index in [1.54, 1.807) is 25.1 Å². The second kappa shape index (κ2) is 9.33. The van der Waals surface area contributed by atoms with Crippen molar-refractivity contribution in [1.29, 1.82) is 0 Å². The molecule has 150 valence electrons. The normalized spacial score (nSPS) is 11.7. The molecule has 0 bridgehead atoms. The molecule has 0 aliphatic carbocycles.